The first-order chi connectivity index (χ1) is 21.6. The van der Waals surface area contributed by atoms with Gasteiger partial charge >= 0.3 is 5.97 Å². The third-order valence-electron chi connectivity index (χ3n) is 7.79. The number of pyridine rings is 1. The van der Waals surface area contributed by atoms with Crippen LogP contribution in [-0.2, 0) is 4.79 Å². The second kappa shape index (κ2) is 12.5. The Hall–Kier alpha value is -4.46. The maximum absolute atomic E-state index is 14.5. The van der Waals surface area contributed by atoms with Gasteiger partial charge in [0.2, 0.25) is 5.88 Å². The van der Waals surface area contributed by atoms with Crippen LogP contribution in [0.5, 0.6) is 11.6 Å². The molecule has 45 heavy (non-hydrogen) atoms. The number of rotatable bonds is 9. The average Bonchev–Trinajstić information content (AvgIpc) is 3.72. The molecule has 0 saturated carbocycles. The summed E-state index contributed by atoms with van der Waals surface area (Å²) >= 11 is 1.31. The van der Waals surface area contributed by atoms with E-state index in [1.165, 1.54) is 27.2 Å². The molecule has 2 atom stereocenters. The maximum Gasteiger partial charge on any atom is 0.326 e. The lowest BCUT2D eigenvalue weighted by Crippen LogP contribution is -2.43. The fourth-order valence-corrected chi connectivity index (χ4v) is 6.35. The van der Waals surface area contributed by atoms with Crippen molar-refractivity contribution >= 4 is 28.8 Å². The molecule has 9 nitrogen and oxygen atoms in total. The van der Waals surface area contributed by atoms with Crippen molar-refractivity contribution in [2.24, 2.45) is 0 Å². The third-order valence-corrected chi connectivity index (χ3v) is 8.68. The van der Waals surface area contributed by atoms with Gasteiger partial charge in [0.25, 0.3) is 12.3 Å². The standard InChI is InChI=1S/C31H29F4N5O4S/c1-43-20-6-2-5-18(11-20)19-12-23(39-9-4-8-31(34,35)17-39)29(36-15-19)44-21-13-24(30(41)42)40(16-21)26-14-22(25-7-3-10-45-25)37-28(38-26)27(32)33/h2-3,5-7,10-12,14-15,21,24,27H,4,8-9,13,16-17H2,1H3,(H,41,42)/t21-,24-/m0/s1. The molecule has 0 bridgehead atoms. The fourth-order valence-electron chi connectivity index (χ4n) is 5.67. The predicted octanol–water partition coefficient (Wildman–Crippen LogP) is 6.56. The van der Waals surface area contributed by atoms with Crippen molar-refractivity contribution in [1.82, 2.24) is 15.0 Å². The van der Waals surface area contributed by atoms with Crippen LogP contribution in [-0.4, -0.2) is 70.8 Å². The minimum absolute atomic E-state index is 0.0184. The van der Waals surface area contributed by atoms with Crippen molar-refractivity contribution in [3.8, 4) is 33.3 Å². The topological polar surface area (TPSA) is 101 Å². The van der Waals surface area contributed by atoms with Gasteiger partial charge in [0.15, 0.2) is 5.82 Å². The Bertz CT molecular complexity index is 1680. The van der Waals surface area contributed by atoms with Gasteiger partial charge in [-0.3, -0.25) is 0 Å². The van der Waals surface area contributed by atoms with Gasteiger partial charge in [0.05, 0.1) is 30.8 Å². The number of thiophene rings is 1. The number of hydrogen-bond acceptors (Lipinski definition) is 9. The molecule has 0 aliphatic carbocycles. The molecule has 236 valence electrons. The minimum Gasteiger partial charge on any atom is -0.497 e. The summed E-state index contributed by atoms with van der Waals surface area (Å²) in [6.07, 6.45) is -2.16. The number of ether oxygens (including phenoxy) is 2. The van der Waals surface area contributed by atoms with Gasteiger partial charge in [-0.2, -0.15) is 0 Å². The Kier molecular flexibility index (Phi) is 8.49. The van der Waals surface area contributed by atoms with Crippen LogP contribution in [0.2, 0.25) is 0 Å². The highest BCUT2D eigenvalue weighted by molar-refractivity contribution is 7.13. The first-order valence-corrected chi connectivity index (χ1v) is 15.1. The fraction of sp³-hybridized carbons (Fsp3) is 0.355. The summed E-state index contributed by atoms with van der Waals surface area (Å²) in [5.74, 6) is -4.09. The van der Waals surface area contributed by atoms with E-state index in [1.54, 1.807) is 49.0 Å². The van der Waals surface area contributed by atoms with E-state index in [4.69, 9.17) is 9.47 Å². The molecule has 5 heterocycles. The summed E-state index contributed by atoms with van der Waals surface area (Å²) in [7, 11) is 1.55. The summed E-state index contributed by atoms with van der Waals surface area (Å²) in [6.45, 7) is -0.188. The van der Waals surface area contributed by atoms with Gasteiger partial charge in [-0.1, -0.05) is 18.2 Å². The number of halogens is 4. The quantitative estimate of drug-likeness (QED) is 0.203. The van der Waals surface area contributed by atoms with Crippen LogP contribution < -0.4 is 19.3 Å². The van der Waals surface area contributed by atoms with E-state index < -0.39 is 42.8 Å². The van der Waals surface area contributed by atoms with Gasteiger partial charge in [-0.25, -0.2) is 37.3 Å². The Morgan fingerprint density at radius 3 is 2.69 bits per heavy atom. The lowest BCUT2D eigenvalue weighted by Gasteiger charge is -2.35. The van der Waals surface area contributed by atoms with E-state index in [9.17, 15) is 27.5 Å². The molecule has 14 heteroatoms. The number of methoxy groups -OCH3 is 1. The summed E-state index contributed by atoms with van der Waals surface area (Å²) in [6, 6.07) is 12.8. The van der Waals surface area contributed by atoms with Crippen LogP contribution in [0.4, 0.5) is 29.1 Å². The van der Waals surface area contributed by atoms with Crippen molar-refractivity contribution in [3.63, 3.8) is 0 Å². The molecule has 2 aliphatic heterocycles. The zero-order valence-corrected chi connectivity index (χ0v) is 24.9. The van der Waals surface area contributed by atoms with Crippen molar-refractivity contribution in [2.45, 2.75) is 43.8 Å². The zero-order chi connectivity index (χ0) is 31.7. The molecule has 2 fully saturated rings. The molecule has 2 saturated heterocycles. The van der Waals surface area contributed by atoms with E-state index in [1.807, 2.05) is 12.1 Å². The zero-order valence-electron chi connectivity index (χ0n) is 24.1. The Morgan fingerprint density at radius 1 is 1.13 bits per heavy atom. The molecule has 1 aromatic carbocycles. The number of piperidine rings is 1. The molecule has 6 rings (SSSR count). The molecule has 4 aromatic rings. The SMILES string of the molecule is COc1cccc(-c2cnc(O[C@H]3C[C@@H](C(=O)O)N(c4cc(-c5cccs5)nc(C(F)F)n4)C3)c(N3CCCC(F)(F)C3)c2)c1. The van der Waals surface area contributed by atoms with E-state index in [-0.39, 0.29) is 43.2 Å². The van der Waals surface area contributed by atoms with Gasteiger partial charge in [-0.05, 0) is 41.6 Å². The number of aromatic nitrogens is 3. The number of benzene rings is 1. The number of anilines is 2. The lowest BCUT2D eigenvalue weighted by atomic mass is 10.0. The Morgan fingerprint density at radius 2 is 1.98 bits per heavy atom. The smallest absolute Gasteiger partial charge is 0.326 e. The van der Waals surface area contributed by atoms with E-state index in [0.29, 0.717) is 28.4 Å². The number of aliphatic carboxylic acids is 1. The second-order valence-electron chi connectivity index (χ2n) is 10.9. The highest BCUT2D eigenvalue weighted by atomic mass is 32.1. The largest absolute Gasteiger partial charge is 0.497 e. The van der Waals surface area contributed by atoms with Gasteiger partial charge in [-0.15, -0.1) is 11.3 Å². The summed E-state index contributed by atoms with van der Waals surface area (Å²) in [5.41, 5.74) is 2.02. The molecule has 3 aromatic heterocycles. The normalized spacial score (nSPS) is 19.6. The van der Waals surface area contributed by atoms with Gasteiger partial charge < -0.3 is 24.4 Å². The first kappa shape index (κ1) is 30.6. The van der Waals surface area contributed by atoms with E-state index in [2.05, 4.69) is 15.0 Å². The van der Waals surface area contributed by atoms with E-state index >= 15 is 0 Å². The number of nitrogens with zero attached hydrogens (tertiary/aromatic N) is 5. The highest BCUT2D eigenvalue weighted by Crippen LogP contribution is 2.39. The van der Waals surface area contributed by atoms with Crippen LogP contribution in [0.1, 0.15) is 31.5 Å². The molecule has 0 unspecified atom stereocenters. The van der Waals surface area contributed by atoms with Crippen LogP contribution >= 0.6 is 11.3 Å². The monoisotopic (exact) mass is 643 g/mol. The summed E-state index contributed by atoms with van der Waals surface area (Å²) in [4.78, 5) is 28.4. The molecule has 0 amide bonds. The summed E-state index contributed by atoms with van der Waals surface area (Å²) in [5, 5.41) is 11.9. The molecule has 0 radical (unpaired) electrons. The molecular formula is C31H29F4N5O4S. The van der Waals surface area contributed by atoms with Gasteiger partial charge in [0, 0.05) is 37.2 Å². The van der Waals surface area contributed by atoms with E-state index in [0.717, 1.165) is 5.56 Å². The van der Waals surface area contributed by atoms with Gasteiger partial charge in [0.1, 0.15) is 29.4 Å². The molecule has 1 N–H and O–H groups in total. The highest BCUT2D eigenvalue weighted by Gasteiger charge is 2.41. The van der Waals surface area contributed by atoms with Crippen molar-refractivity contribution in [1.29, 1.82) is 0 Å². The number of carbonyl (C=O) groups is 1. The first-order valence-electron chi connectivity index (χ1n) is 14.2. The van der Waals surface area contributed by atoms with Crippen LogP contribution in [0, 0.1) is 0 Å². The molecule has 0 spiro atoms. The van der Waals surface area contributed by atoms with Crippen LogP contribution in [0.15, 0.2) is 60.1 Å². The lowest BCUT2D eigenvalue weighted by molar-refractivity contribution is -0.138. The van der Waals surface area contributed by atoms with Crippen LogP contribution in [0.3, 0.4) is 0 Å². The van der Waals surface area contributed by atoms with Crippen LogP contribution in [0.25, 0.3) is 21.7 Å². The Labute approximate surface area is 260 Å². The minimum atomic E-state index is -2.97. The number of carboxylic acids is 1. The number of alkyl halides is 4. The van der Waals surface area contributed by atoms with Crippen molar-refractivity contribution < 1.29 is 36.9 Å². The average molecular weight is 644 g/mol. The summed E-state index contributed by atoms with van der Waals surface area (Å²) < 4.78 is 68.3. The molecular weight excluding hydrogens is 614 g/mol. The van der Waals surface area contributed by atoms with Crippen molar-refractivity contribution in [3.05, 3.63) is 65.9 Å². The predicted molar refractivity (Wildman–Crippen MR) is 161 cm³/mol. The number of hydrogen-bond donors (Lipinski definition) is 1. The van der Waals surface area contributed by atoms with Crippen molar-refractivity contribution in [2.75, 3.05) is 36.5 Å². The number of carboxylic acid groups (broad SMARTS) is 1. The Balaban J connectivity index is 1.33. The third kappa shape index (κ3) is 6.65. The second-order valence-corrected chi connectivity index (χ2v) is 11.8. The maximum atomic E-state index is 14.5. The molecule has 2 aliphatic rings.